The Labute approximate surface area is 149 Å². The van der Waals surface area contributed by atoms with E-state index in [1.54, 1.807) is 24.3 Å². The van der Waals surface area contributed by atoms with Crippen LogP contribution in [0.4, 0.5) is 0 Å². The van der Waals surface area contributed by atoms with E-state index in [4.69, 9.17) is 32.4 Å². The van der Waals surface area contributed by atoms with Crippen LogP contribution in [-0.4, -0.2) is 17.7 Å². The van der Waals surface area contributed by atoms with Crippen molar-refractivity contribution in [3.05, 3.63) is 52.4 Å². The zero-order chi connectivity index (χ0) is 17.5. The van der Waals surface area contributed by atoms with Crippen molar-refractivity contribution < 1.29 is 18.7 Å². The minimum Gasteiger partial charge on any atom is -0.486 e. The minimum absolute atomic E-state index is 0.193. The van der Waals surface area contributed by atoms with Gasteiger partial charge in [0.15, 0.2) is 5.76 Å². The Morgan fingerprint density at radius 1 is 1.25 bits per heavy atom. The van der Waals surface area contributed by atoms with Gasteiger partial charge in [-0.2, -0.15) is 0 Å². The Morgan fingerprint density at radius 3 is 2.75 bits per heavy atom. The monoisotopic (exact) mass is 369 g/mol. The maximum Gasteiger partial charge on any atom is 0.286 e. The number of halogens is 2. The van der Waals surface area contributed by atoms with Crippen LogP contribution in [0.3, 0.4) is 0 Å². The molecule has 0 aliphatic carbocycles. The summed E-state index contributed by atoms with van der Waals surface area (Å²) in [5.74, 6) is 1.05. The average Bonchev–Trinajstić information content (AvgIpc) is 3.01. The molecule has 2 rings (SSSR count). The maximum atomic E-state index is 11.9. The number of aryl methyl sites for hydroxylation is 1. The summed E-state index contributed by atoms with van der Waals surface area (Å²) in [5, 5.41) is 2.91. The number of hydrogen-bond acceptors (Lipinski definition) is 4. The zero-order valence-electron chi connectivity index (χ0n) is 13.1. The summed E-state index contributed by atoms with van der Waals surface area (Å²) in [5.41, 5.74) is 0.920. The second-order valence-electron chi connectivity index (χ2n) is 5.18. The predicted octanol–water partition coefficient (Wildman–Crippen LogP) is 4.10. The zero-order valence-corrected chi connectivity index (χ0v) is 14.6. The van der Waals surface area contributed by atoms with E-state index in [1.165, 1.54) is 0 Å². The van der Waals surface area contributed by atoms with Gasteiger partial charge in [-0.1, -0.05) is 11.6 Å². The second kappa shape index (κ2) is 8.76. The number of benzene rings is 1. The van der Waals surface area contributed by atoms with Crippen LogP contribution in [0.5, 0.6) is 5.75 Å². The van der Waals surface area contributed by atoms with Crippen LogP contribution in [0.25, 0.3) is 0 Å². The van der Waals surface area contributed by atoms with Crippen molar-refractivity contribution in [3.8, 4) is 5.75 Å². The second-order valence-corrected chi connectivity index (χ2v) is 6.01. The van der Waals surface area contributed by atoms with Gasteiger partial charge in [-0.05, 0) is 60.8 Å². The molecule has 0 saturated heterocycles. The maximum absolute atomic E-state index is 11.9. The molecular weight excluding hydrogens is 353 g/mol. The first-order valence-corrected chi connectivity index (χ1v) is 8.15. The van der Waals surface area contributed by atoms with Crippen LogP contribution in [0.15, 0.2) is 34.7 Å². The van der Waals surface area contributed by atoms with E-state index in [0.717, 1.165) is 5.56 Å². The summed E-state index contributed by atoms with van der Waals surface area (Å²) in [7, 11) is 0. The van der Waals surface area contributed by atoms with E-state index < -0.39 is 5.24 Å². The van der Waals surface area contributed by atoms with Gasteiger partial charge in [0.25, 0.3) is 5.91 Å². The predicted molar refractivity (Wildman–Crippen MR) is 91.7 cm³/mol. The lowest BCUT2D eigenvalue weighted by molar-refractivity contribution is -0.111. The normalized spacial score (nSPS) is 10.5. The summed E-state index contributed by atoms with van der Waals surface area (Å²) in [6.45, 7) is 2.45. The fraction of sp³-hybridized carbons (Fsp3) is 0.294. The van der Waals surface area contributed by atoms with Gasteiger partial charge in [-0.25, -0.2) is 0 Å². The molecule has 7 heteroatoms. The van der Waals surface area contributed by atoms with Crippen molar-refractivity contribution in [2.75, 3.05) is 6.54 Å². The molecule has 1 aromatic heterocycles. The third-order valence-electron chi connectivity index (χ3n) is 3.23. The smallest absolute Gasteiger partial charge is 0.286 e. The number of carbonyl (C=O) groups excluding carboxylic acids is 2. The average molecular weight is 370 g/mol. The van der Waals surface area contributed by atoms with E-state index >= 15 is 0 Å². The fourth-order valence-corrected chi connectivity index (χ4v) is 2.21. The van der Waals surface area contributed by atoms with Crippen molar-refractivity contribution in [1.29, 1.82) is 0 Å². The van der Waals surface area contributed by atoms with E-state index in [1.807, 2.05) is 13.0 Å². The van der Waals surface area contributed by atoms with Crippen molar-refractivity contribution in [2.24, 2.45) is 0 Å². The summed E-state index contributed by atoms with van der Waals surface area (Å²) < 4.78 is 11.1. The molecule has 2 aromatic rings. The number of amides is 1. The molecule has 24 heavy (non-hydrogen) atoms. The lowest BCUT2D eigenvalue weighted by Crippen LogP contribution is -2.24. The molecule has 0 fully saturated rings. The molecule has 0 spiro atoms. The van der Waals surface area contributed by atoms with Gasteiger partial charge in [0.05, 0.1) is 0 Å². The van der Waals surface area contributed by atoms with Crippen LogP contribution >= 0.6 is 23.2 Å². The highest BCUT2D eigenvalue weighted by atomic mass is 35.5. The molecule has 0 radical (unpaired) electrons. The van der Waals surface area contributed by atoms with Crippen LogP contribution < -0.4 is 10.1 Å². The topological polar surface area (TPSA) is 68.5 Å². The molecule has 0 aliphatic rings. The highest BCUT2D eigenvalue weighted by molar-refractivity contribution is 6.63. The van der Waals surface area contributed by atoms with Crippen molar-refractivity contribution >= 4 is 34.4 Å². The molecule has 5 nitrogen and oxygen atoms in total. The third-order valence-corrected chi connectivity index (χ3v) is 3.84. The number of ether oxygens (including phenoxy) is 1. The van der Waals surface area contributed by atoms with Crippen LogP contribution in [-0.2, 0) is 11.4 Å². The lowest BCUT2D eigenvalue weighted by Gasteiger charge is -2.06. The van der Waals surface area contributed by atoms with E-state index in [9.17, 15) is 9.59 Å². The van der Waals surface area contributed by atoms with Gasteiger partial charge in [-0.3, -0.25) is 9.59 Å². The first-order valence-electron chi connectivity index (χ1n) is 7.40. The fourth-order valence-electron chi connectivity index (χ4n) is 1.96. The van der Waals surface area contributed by atoms with Gasteiger partial charge in [-0.15, -0.1) is 0 Å². The van der Waals surface area contributed by atoms with Gasteiger partial charge in [0, 0.05) is 18.0 Å². The molecule has 0 atom stereocenters. The number of nitrogens with one attached hydrogen (secondary N) is 1. The molecule has 1 aromatic carbocycles. The van der Waals surface area contributed by atoms with Gasteiger partial charge >= 0.3 is 0 Å². The van der Waals surface area contributed by atoms with Crippen molar-refractivity contribution in [3.63, 3.8) is 0 Å². The van der Waals surface area contributed by atoms with Gasteiger partial charge in [0.2, 0.25) is 5.24 Å². The van der Waals surface area contributed by atoms with Crippen LogP contribution in [0.2, 0.25) is 5.02 Å². The highest BCUT2D eigenvalue weighted by Gasteiger charge is 2.11. The molecule has 1 N–H and O–H groups in total. The minimum atomic E-state index is -0.417. The van der Waals surface area contributed by atoms with Crippen molar-refractivity contribution in [1.82, 2.24) is 5.32 Å². The van der Waals surface area contributed by atoms with E-state index in [0.29, 0.717) is 29.5 Å². The lowest BCUT2D eigenvalue weighted by atomic mass is 10.2. The molecular formula is C17H17Cl2NO4. The first-order chi connectivity index (χ1) is 11.5. The summed E-state index contributed by atoms with van der Waals surface area (Å²) in [4.78, 5) is 22.5. The number of furan rings is 1. The number of carbonyl (C=O) groups is 2. The van der Waals surface area contributed by atoms with Gasteiger partial charge < -0.3 is 14.5 Å². The molecule has 0 unspecified atom stereocenters. The molecule has 128 valence electrons. The molecule has 0 saturated carbocycles. The Balaban J connectivity index is 1.82. The standard InChI is InChI=1S/C17H17Cl2NO4/c1-11-9-12(4-6-14(11)18)23-10-13-5-7-15(24-13)17(22)20-8-2-3-16(19)21/h4-7,9H,2-3,8,10H2,1H3,(H,20,22). The number of rotatable bonds is 8. The van der Waals surface area contributed by atoms with E-state index in [2.05, 4.69) is 5.32 Å². The molecule has 0 bridgehead atoms. The molecule has 0 aliphatic heterocycles. The SMILES string of the molecule is Cc1cc(OCc2ccc(C(=O)NCCCC(=O)Cl)o2)ccc1Cl. The Bertz CT molecular complexity index is 727. The summed E-state index contributed by atoms with van der Waals surface area (Å²) >= 11 is 11.2. The van der Waals surface area contributed by atoms with Crippen LogP contribution in [0.1, 0.15) is 34.7 Å². The van der Waals surface area contributed by atoms with Crippen LogP contribution in [0, 0.1) is 6.92 Å². The van der Waals surface area contributed by atoms with Gasteiger partial charge in [0.1, 0.15) is 18.1 Å². The van der Waals surface area contributed by atoms with E-state index in [-0.39, 0.29) is 24.7 Å². The number of hydrogen-bond donors (Lipinski definition) is 1. The quantitative estimate of drug-likeness (QED) is 0.561. The Hall–Kier alpha value is -1.98. The van der Waals surface area contributed by atoms with Crippen molar-refractivity contribution in [2.45, 2.75) is 26.4 Å². The largest absolute Gasteiger partial charge is 0.486 e. The summed E-state index contributed by atoms with van der Waals surface area (Å²) in [6, 6.07) is 8.62. The first kappa shape index (κ1) is 18.4. The summed E-state index contributed by atoms with van der Waals surface area (Å²) in [6.07, 6.45) is 0.709. The highest BCUT2D eigenvalue weighted by Crippen LogP contribution is 2.22. The Morgan fingerprint density at radius 2 is 2.04 bits per heavy atom. The molecule has 1 heterocycles. The molecule has 1 amide bonds. The third kappa shape index (κ3) is 5.58. The Kier molecular flexibility index (Phi) is 6.70.